The lowest BCUT2D eigenvalue weighted by Gasteiger charge is -2.38. The molecule has 27 heavy (non-hydrogen) atoms. The Kier molecular flexibility index (Phi) is 7.60. The van der Waals surface area contributed by atoms with E-state index in [2.05, 4.69) is 11.4 Å². The summed E-state index contributed by atoms with van der Waals surface area (Å²) in [7, 11) is 1.88. The third-order valence-corrected chi connectivity index (χ3v) is 4.90. The van der Waals surface area contributed by atoms with E-state index in [1.807, 2.05) is 30.1 Å². The first-order chi connectivity index (χ1) is 13.0. The van der Waals surface area contributed by atoms with Gasteiger partial charge in [0.25, 0.3) is 0 Å². The lowest BCUT2D eigenvalue weighted by atomic mass is 10.0. The minimum absolute atomic E-state index is 0.0932. The van der Waals surface area contributed by atoms with Gasteiger partial charge in [-0.1, -0.05) is 18.2 Å². The average molecular weight is 375 g/mol. The zero-order valence-corrected chi connectivity index (χ0v) is 16.1. The summed E-state index contributed by atoms with van der Waals surface area (Å²) < 4.78 is 0. The number of hydrogen-bond acceptors (Lipinski definition) is 5. The van der Waals surface area contributed by atoms with Gasteiger partial charge in [0.05, 0.1) is 6.54 Å². The summed E-state index contributed by atoms with van der Waals surface area (Å²) in [5.74, 6) is 5.50. The molecule has 1 aromatic carbocycles. The highest BCUT2D eigenvalue weighted by molar-refractivity contribution is 5.83. The van der Waals surface area contributed by atoms with Gasteiger partial charge in [0.15, 0.2) is 5.78 Å². The van der Waals surface area contributed by atoms with Crippen LogP contribution in [0.3, 0.4) is 0 Å². The van der Waals surface area contributed by atoms with E-state index >= 15 is 0 Å². The van der Waals surface area contributed by atoms with E-state index in [0.717, 1.165) is 23.5 Å². The number of benzene rings is 1. The Balaban J connectivity index is 1.86. The number of hydrogen-bond donors (Lipinski definition) is 2. The molecule has 0 aromatic heterocycles. The molecule has 1 heterocycles. The number of nitrogens with zero attached hydrogens (tertiary/aromatic N) is 3. The fraction of sp³-hybridized carbons (Fsp3) is 0.526. The number of carbonyl (C=O) groups is 3. The second-order valence-electron chi connectivity index (χ2n) is 6.83. The Morgan fingerprint density at radius 2 is 1.96 bits per heavy atom. The smallest absolute Gasteiger partial charge is 0.334 e. The number of ketones is 1. The minimum Gasteiger partial charge on any atom is -0.388 e. The molecule has 0 radical (unpaired) electrons. The fourth-order valence-corrected chi connectivity index (χ4v) is 3.43. The van der Waals surface area contributed by atoms with Gasteiger partial charge < -0.3 is 15.1 Å². The molecule has 3 amide bonds. The number of nitrogens with two attached hydrogens (primary N) is 1. The maximum Gasteiger partial charge on any atom is 0.334 e. The summed E-state index contributed by atoms with van der Waals surface area (Å²) >= 11 is 0. The van der Waals surface area contributed by atoms with E-state index in [-0.39, 0.29) is 24.4 Å². The van der Waals surface area contributed by atoms with Crippen LogP contribution in [-0.4, -0.2) is 72.3 Å². The zero-order valence-electron chi connectivity index (χ0n) is 16.1. The van der Waals surface area contributed by atoms with Gasteiger partial charge in [-0.05, 0) is 37.8 Å². The van der Waals surface area contributed by atoms with Gasteiger partial charge in [-0.2, -0.15) is 0 Å². The number of anilines is 1. The van der Waals surface area contributed by atoms with Crippen LogP contribution in [0.1, 0.15) is 25.3 Å². The Morgan fingerprint density at radius 1 is 1.30 bits per heavy atom. The number of Topliss-reactive ketones (excluding diaryl/α,β-unsaturated/α-hetero) is 1. The molecular formula is C19H29N5O3. The number of carbonyl (C=O) groups excluding carboxylic acids is 3. The van der Waals surface area contributed by atoms with E-state index in [0.29, 0.717) is 32.5 Å². The number of rotatable bonds is 8. The van der Waals surface area contributed by atoms with Crippen molar-refractivity contribution in [3.05, 3.63) is 29.8 Å². The summed E-state index contributed by atoms with van der Waals surface area (Å²) in [6.45, 7) is 2.98. The molecule has 8 heteroatoms. The molecule has 1 aliphatic rings. The number of urea groups is 1. The van der Waals surface area contributed by atoms with Crippen LogP contribution in [0.4, 0.5) is 10.5 Å². The largest absolute Gasteiger partial charge is 0.388 e. The van der Waals surface area contributed by atoms with Gasteiger partial charge in [-0.15, -0.1) is 0 Å². The lowest BCUT2D eigenvalue weighted by molar-refractivity contribution is -0.121. The van der Waals surface area contributed by atoms with Crippen molar-refractivity contribution in [2.24, 2.45) is 5.84 Å². The molecule has 2 rings (SSSR count). The molecule has 8 nitrogen and oxygen atoms in total. The standard InChI is InChI=1S/C19H29N5O3/c1-15(26)13-24(20)19(27)22-11-8-17(9-12-22)23(14-25)10-7-16-5-3-4-6-18(16)21-2/h3-6,14,17,21H,7-13,20H2,1-2H3. The Labute approximate surface area is 160 Å². The molecule has 1 fully saturated rings. The number of nitrogens with one attached hydrogen (secondary N) is 1. The monoisotopic (exact) mass is 375 g/mol. The van der Waals surface area contributed by atoms with Crippen LogP contribution in [0.2, 0.25) is 0 Å². The molecule has 1 saturated heterocycles. The van der Waals surface area contributed by atoms with Crippen LogP contribution in [0.15, 0.2) is 24.3 Å². The Morgan fingerprint density at radius 3 is 2.56 bits per heavy atom. The highest BCUT2D eigenvalue weighted by atomic mass is 16.2. The molecule has 1 aliphatic heterocycles. The highest BCUT2D eigenvalue weighted by Gasteiger charge is 2.28. The molecule has 0 aliphatic carbocycles. The Bertz CT molecular complexity index is 659. The second-order valence-corrected chi connectivity index (χ2v) is 6.83. The van der Waals surface area contributed by atoms with Gasteiger partial charge >= 0.3 is 6.03 Å². The summed E-state index contributed by atoms with van der Waals surface area (Å²) in [6.07, 6.45) is 3.07. The number of hydrazine groups is 1. The first-order valence-electron chi connectivity index (χ1n) is 9.23. The normalized spacial score (nSPS) is 14.6. The SMILES string of the molecule is CNc1ccccc1CCN(C=O)C1CCN(C(=O)N(N)CC(C)=O)CC1. The van der Waals surface area contributed by atoms with Crippen molar-refractivity contribution in [1.29, 1.82) is 0 Å². The van der Waals surface area contributed by atoms with Gasteiger partial charge in [-0.3, -0.25) is 14.6 Å². The van der Waals surface area contributed by atoms with Gasteiger partial charge in [0, 0.05) is 38.4 Å². The van der Waals surface area contributed by atoms with Crippen molar-refractivity contribution in [2.45, 2.75) is 32.2 Å². The molecule has 0 saturated carbocycles. The molecule has 3 N–H and O–H groups in total. The number of amides is 3. The van der Waals surface area contributed by atoms with Crippen molar-refractivity contribution in [2.75, 3.05) is 38.5 Å². The number of piperidine rings is 1. The van der Waals surface area contributed by atoms with Crippen LogP contribution >= 0.6 is 0 Å². The highest BCUT2D eigenvalue weighted by Crippen LogP contribution is 2.19. The average Bonchev–Trinajstić information content (AvgIpc) is 2.68. The molecular weight excluding hydrogens is 346 g/mol. The van der Waals surface area contributed by atoms with Crippen molar-refractivity contribution in [1.82, 2.24) is 14.8 Å². The van der Waals surface area contributed by atoms with Crippen LogP contribution in [0.5, 0.6) is 0 Å². The predicted octanol–water partition coefficient (Wildman–Crippen LogP) is 1.08. The van der Waals surface area contributed by atoms with Gasteiger partial charge in [0.1, 0.15) is 0 Å². The Hall–Kier alpha value is -2.61. The second kappa shape index (κ2) is 9.91. The van der Waals surface area contributed by atoms with E-state index < -0.39 is 0 Å². The predicted molar refractivity (Wildman–Crippen MR) is 104 cm³/mol. The molecule has 1 aromatic rings. The topological polar surface area (TPSA) is 99.0 Å². The summed E-state index contributed by atoms with van der Waals surface area (Å²) in [6, 6.07) is 7.81. The number of likely N-dealkylation sites (tertiary alicyclic amines) is 1. The van der Waals surface area contributed by atoms with Crippen molar-refractivity contribution < 1.29 is 14.4 Å². The van der Waals surface area contributed by atoms with Crippen molar-refractivity contribution in [3.8, 4) is 0 Å². The van der Waals surface area contributed by atoms with Crippen LogP contribution in [0.25, 0.3) is 0 Å². The van der Waals surface area contributed by atoms with Crippen molar-refractivity contribution in [3.63, 3.8) is 0 Å². The van der Waals surface area contributed by atoms with Crippen LogP contribution in [-0.2, 0) is 16.0 Å². The molecule has 0 atom stereocenters. The summed E-state index contributed by atoms with van der Waals surface area (Å²) in [5, 5.41) is 4.12. The fourth-order valence-electron chi connectivity index (χ4n) is 3.43. The van der Waals surface area contributed by atoms with Crippen LogP contribution in [0, 0.1) is 0 Å². The summed E-state index contributed by atoms with van der Waals surface area (Å²) in [5.41, 5.74) is 2.24. The first-order valence-corrected chi connectivity index (χ1v) is 9.23. The molecule has 0 spiro atoms. The van der Waals surface area contributed by atoms with E-state index in [4.69, 9.17) is 5.84 Å². The molecule has 0 bridgehead atoms. The van der Waals surface area contributed by atoms with Gasteiger partial charge in [-0.25, -0.2) is 10.6 Å². The third kappa shape index (κ3) is 5.68. The third-order valence-electron chi connectivity index (χ3n) is 4.90. The maximum atomic E-state index is 12.2. The summed E-state index contributed by atoms with van der Waals surface area (Å²) in [4.78, 5) is 38.4. The molecule has 148 valence electrons. The lowest BCUT2D eigenvalue weighted by Crippen LogP contribution is -2.53. The van der Waals surface area contributed by atoms with Gasteiger partial charge in [0.2, 0.25) is 6.41 Å². The van der Waals surface area contributed by atoms with E-state index in [1.54, 1.807) is 4.90 Å². The van der Waals surface area contributed by atoms with Crippen LogP contribution < -0.4 is 11.2 Å². The molecule has 0 unspecified atom stereocenters. The quantitative estimate of drug-likeness (QED) is 0.307. The number of para-hydroxylation sites is 1. The zero-order chi connectivity index (χ0) is 19.8. The minimum atomic E-state index is -0.343. The van der Waals surface area contributed by atoms with E-state index in [1.165, 1.54) is 12.5 Å². The maximum absolute atomic E-state index is 12.2. The van der Waals surface area contributed by atoms with E-state index in [9.17, 15) is 14.4 Å². The van der Waals surface area contributed by atoms with Crippen molar-refractivity contribution >= 4 is 23.9 Å². The first kappa shape index (κ1) is 20.7.